The van der Waals surface area contributed by atoms with Crippen LogP contribution >= 0.6 is 0 Å². The molecule has 0 bridgehead atoms. The minimum absolute atomic E-state index is 0.0839. The van der Waals surface area contributed by atoms with Gasteiger partial charge >= 0.3 is 0 Å². The lowest BCUT2D eigenvalue weighted by Crippen LogP contribution is -2.17. The van der Waals surface area contributed by atoms with Crippen LogP contribution in [0.25, 0.3) is 11.3 Å². The van der Waals surface area contributed by atoms with Crippen LogP contribution in [0.1, 0.15) is 48.9 Å². The van der Waals surface area contributed by atoms with E-state index in [0.29, 0.717) is 57.7 Å². The largest absolute Gasteiger partial charge is 0.494 e. The molecule has 0 aliphatic rings. The molecule has 0 atom stereocenters. The summed E-state index contributed by atoms with van der Waals surface area (Å²) in [6, 6.07) is 14.3. The number of carbonyl (C=O) groups excluding carboxylic acids is 1. The third-order valence-corrected chi connectivity index (χ3v) is 5.69. The van der Waals surface area contributed by atoms with Crippen LogP contribution in [0.4, 0.5) is 23.0 Å². The highest BCUT2D eigenvalue weighted by atomic mass is 16.5. The van der Waals surface area contributed by atoms with E-state index in [-0.39, 0.29) is 11.5 Å². The monoisotopic (exact) mass is 509 g/mol. The maximum absolute atomic E-state index is 12.7. The predicted molar refractivity (Wildman–Crippen MR) is 144 cm³/mol. The normalized spacial score (nSPS) is 10.9. The van der Waals surface area contributed by atoms with Gasteiger partial charge in [0, 0.05) is 24.2 Å². The Morgan fingerprint density at radius 2 is 1.82 bits per heavy atom. The number of ether oxygens (including phenoxy) is 1. The van der Waals surface area contributed by atoms with Crippen LogP contribution in [0, 0.1) is 11.3 Å². The SMILES string of the molecule is CCC(=O)c1cnc(Nc2cccc(C#N)n2)cc1Nc1cccc(-c2cnc(C(C)(C)O)cn2)c1OC. The van der Waals surface area contributed by atoms with Gasteiger partial charge in [-0.25, -0.2) is 9.97 Å². The van der Waals surface area contributed by atoms with Gasteiger partial charge in [0.1, 0.15) is 29.0 Å². The fourth-order valence-corrected chi connectivity index (χ4v) is 3.72. The van der Waals surface area contributed by atoms with Gasteiger partial charge in [-0.1, -0.05) is 19.1 Å². The number of pyridine rings is 2. The van der Waals surface area contributed by atoms with Crippen LogP contribution in [0.15, 0.2) is 61.1 Å². The van der Waals surface area contributed by atoms with Crippen LogP contribution in [-0.2, 0) is 5.60 Å². The predicted octanol–water partition coefficient (Wildman–Crippen LogP) is 5.12. The van der Waals surface area contributed by atoms with Gasteiger partial charge in [0.25, 0.3) is 0 Å². The molecular weight excluding hydrogens is 482 g/mol. The number of hydrogen-bond donors (Lipinski definition) is 3. The molecule has 38 heavy (non-hydrogen) atoms. The fraction of sp³-hybridized carbons (Fsp3) is 0.214. The van der Waals surface area contributed by atoms with Gasteiger partial charge < -0.3 is 20.5 Å². The van der Waals surface area contributed by atoms with Crippen molar-refractivity contribution in [1.29, 1.82) is 5.26 Å². The molecule has 0 saturated heterocycles. The van der Waals surface area contributed by atoms with E-state index in [9.17, 15) is 9.90 Å². The first-order valence-corrected chi connectivity index (χ1v) is 11.9. The Morgan fingerprint density at radius 1 is 1.03 bits per heavy atom. The third kappa shape index (κ3) is 5.74. The zero-order valence-corrected chi connectivity index (χ0v) is 21.5. The average Bonchev–Trinajstić information content (AvgIpc) is 2.92. The van der Waals surface area contributed by atoms with Crippen molar-refractivity contribution in [3.8, 4) is 23.1 Å². The molecule has 10 heteroatoms. The molecule has 0 radical (unpaired) electrons. The summed E-state index contributed by atoms with van der Waals surface area (Å²) >= 11 is 0. The Bertz CT molecular complexity index is 1510. The number of Topliss-reactive ketones (excluding diaryl/α,β-unsaturated/α-hetero) is 1. The molecule has 0 aliphatic heterocycles. The molecule has 10 nitrogen and oxygen atoms in total. The van der Waals surface area contributed by atoms with E-state index in [1.54, 1.807) is 58.3 Å². The topological polar surface area (TPSA) is 146 Å². The van der Waals surface area contributed by atoms with Crippen molar-refractivity contribution in [1.82, 2.24) is 19.9 Å². The number of nitriles is 1. The van der Waals surface area contributed by atoms with E-state index in [0.717, 1.165) is 0 Å². The number of aromatic nitrogens is 4. The molecule has 1 aromatic carbocycles. The molecule has 0 aliphatic carbocycles. The summed E-state index contributed by atoms with van der Waals surface area (Å²) in [4.78, 5) is 30.1. The third-order valence-electron chi connectivity index (χ3n) is 5.69. The number of carbonyl (C=O) groups is 1. The molecule has 0 amide bonds. The summed E-state index contributed by atoms with van der Waals surface area (Å²) in [6.07, 6.45) is 4.91. The number of benzene rings is 1. The minimum atomic E-state index is -1.11. The number of anilines is 4. The van der Waals surface area contributed by atoms with E-state index in [1.807, 2.05) is 24.3 Å². The highest BCUT2D eigenvalue weighted by Gasteiger charge is 2.20. The number of nitrogens with zero attached hydrogens (tertiary/aromatic N) is 5. The zero-order valence-electron chi connectivity index (χ0n) is 21.5. The summed E-state index contributed by atoms with van der Waals surface area (Å²) in [6.45, 7) is 5.07. The lowest BCUT2D eigenvalue weighted by molar-refractivity contribution is 0.0734. The van der Waals surface area contributed by atoms with Gasteiger partial charge in [-0.3, -0.25) is 14.8 Å². The number of methoxy groups -OCH3 is 1. The van der Waals surface area contributed by atoms with Crippen molar-refractivity contribution >= 4 is 28.8 Å². The highest BCUT2D eigenvalue weighted by molar-refractivity contribution is 6.02. The maximum Gasteiger partial charge on any atom is 0.166 e. The summed E-state index contributed by atoms with van der Waals surface area (Å²) in [7, 11) is 1.55. The smallest absolute Gasteiger partial charge is 0.166 e. The van der Waals surface area contributed by atoms with Gasteiger partial charge in [0.05, 0.1) is 47.8 Å². The zero-order chi connectivity index (χ0) is 27.3. The molecule has 0 saturated carbocycles. The second-order valence-electron chi connectivity index (χ2n) is 8.89. The minimum Gasteiger partial charge on any atom is -0.494 e. The lowest BCUT2D eigenvalue weighted by Gasteiger charge is -2.18. The number of aliphatic hydroxyl groups is 1. The van der Waals surface area contributed by atoms with Gasteiger partial charge in [0.15, 0.2) is 11.5 Å². The number of rotatable bonds is 9. The Labute approximate surface area is 220 Å². The van der Waals surface area contributed by atoms with E-state index in [4.69, 9.17) is 10.00 Å². The molecule has 3 aromatic heterocycles. The molecular formula is C28H27N7O3. The summed E-state index contributed by atoms with van der Waals surface area (Å²) in [5.74, 6) is 1.30. The van der Waals surface area contributed by atoms with Crippen LogP contribution in [-0.4, -0.2) is 37.9 Å². The van der Waals surface area contributed by atoms with Crippen molar-refractivity contribution in [3.63, 3.8) is 0 Å². The van der Waals surface area contributed by atoms with Crippen molar-refractivity contribution < 1.29 is 14.6 Å². The summed E-state index contributed by atoms with van der Waals surface area (Å²) in [5, 5.41) is 25.7. The van der Waals surface area contributed by atoms with Crippen LogP contribution < -0.4 is 15.4 Å². The van der Waals surface area contributed by atoms with Gasteiger partial charge in [-0.05, 0) is 38.1 Å². The summed E-state index contributed by atoms with van der Waals surface area (Å²) < 4.78 is 5.74. The van der Waals surface area contributed by atoms with E-state index in [1.165, 1.54) is 12.4 Å². The molecule has 0 spiro atoms. The van der Waals surface area contributed by atoms with E-state index >= 15 is 0 Å². The lowest BCUT2D eigenvalue weighted by atomic mass is 10.1. The maximum atomic E-state index is 12.7. The van der Waals surface area contributed by atoms with Gasteiger partial charge in [0.2, 0.25) is 0 Å². The van der Waals surface area contributed by atoms with Crippen LogP contribution in [0.2, 0.25) is 0 Å². The molecule has 4 aromatic rings. The van der Waals surface area contributed by atoms with Crippen molar-refractivity contribution in [2.75, 3.05) is 17.7 Å². The molecule has 0 unspecified atom stereocenters. The van der Waals surface area contributed by atoms with Crippen LogP contribution in [0.3, 0.4) is 0 Å². The second-order valence-corrected chi connectivity index (χ2v) is 8.89. The first-order chi connectivity index (χ1) is 18.2. The summed E-state index contributed by atoms with van der Waals surface area (Å²) in [5.41, 5.74) is 2.38. The van der Waals surface area contributed by atoms with Crippen molar-refractivity contribution in [3.05, 3.63) is 78.0 Å². The average molecular weight is 510 g/mol. The molecule has 0 fully saturated rings. The first kappa shape index (κ1) is 26.2. The van der Waals surface area contributed by atoms with Gasteiger partial charge in [-0.2, -0.15) is 5.26 Å². The first-order valence-electron chi connectivity index (χ1n) is 11.9. The van der Waals surface area contributed by atoms with E-state index < -0.39 is 5.60 Å². The number of nitrogens with one attached hydrogen (secondary N) is 2. The number of ketones is 1. The molecule has 4 rings (SSSR count). The standard InChI is InChI=1S/C28H27N7O3/c1-5-23(36)19-14-32-26(35-25-11-6-8-17(13-29)33-25)12-21(19)34-20-10-7-9-18(27(20)38-4)22-15-31-24(16-30-22)28(2,3)37/h6-12,14-16,37H,5H2,1-4H3,(H2,32,33,34,35). The Morgan fingerprint density at radius 3 is 2.47 bits per heavy atom. The molecule has 3 N–H and O–H groups in total. The Balaban J connectivity index is 1.72. The van der Waals surface area contributed by atoms with Crippen LogP contribution in [0.5, 0.6) is 5.75 Å². The quantitative estimate of drug-likeness (QED) is 0.260. The number of para-hydroxylation sites is 1. The number of hydrogen-bond acceptors (Lipinski definition) is 10. The van der Waals surface area contributed by atoms with E-state index in [2.05, 4.69) is 30.6 Å². The van der Waals surface area contributed by atoms with Gasteiger partial charge in [-0.15, -0.1) is 0 Å². The van der Waals surface area contributed by atoms with Crippen molar-refractivity contribution in [2.24, 2.45) is 0 Å². The highest BCUT2D eigenvalue weighted by Crippen LogP contribution is 2.38. The van der Waals surface area contributed by atoms with Crippen molar-refractivity contribution in [2.45, 2.75) is 32.8 Å². The molecule has 192 valence electrons. The Kier molecular flexibility index (Phi) is 7.60. The fourth-order valence-electron chi connectivity index (χ4n) is 3.72. The molecule has 3 heterocycles. The second kappa shape index (κ2) is 11.0. The Hall–Kier alpha value is -4.88.